The van der Waals surface area contributed by atoms with Crippen LogP contribution in [0, 0.1) is 30.9 Å². The van der Waals surface area contributed by atoms with Gasteiger partial charge in [-0.2, -0.15) is 4.31 Å². The maximum atomic E-state index is 13.6. The van der Waals surface area contributed by atoms with E-state index in [1.807, 2.05) is 32.9 Å². The second-order valence-electron chi connectivity index (χ2n) is 10.7. The Kier molecular flexibility index (Phi) is 8.33. The van der Waals surface area contributed by atoms with E-state index in [1.54, 1.807) is 20.8 Å². The van der Waals surface area contributed by atoms with E-state index in [2.05, 4.69) is 0 Å². The number of nitro groups is 1. The molecule has 206 valence electrons. The number of amides is 1. The van der Waals surface area contributed by atoms with Crippen LogP contribution in [-0.4, -0.2) is 65.2 Å². The molecule has 0 aromatic heterocycles. The van der Waals surface area contributed by atoms with Gasteiger partial charge in [0, 0.05) is 25.6 Å². The first kappa shape index (κ1) is 29.2. The van der Waals surface area contributed by atoms with Crippen LogP contribution in [0.2, 0.25) is 0 Å². The van der Waals surface area contributed by atoms with Crippen molar-refractivity contribution in [1.29, 1.82) is 0 Å². The SMILES string of the molecule is Cc1cc(C)c(C[C@@H](C(=O)OC(C)(C)C)N2CCN(S(=O)(=O)c3ccccc3[N+](=O)[O-])[C@@H](C)C2=O)c(C)c1. The monoisotopic (exact) mass is 545 g/mol. The first-order valence-electron chi connectivity index (χ1n) is 12.4. The summed E-state index contributed by atoms with van der Waals surface area (Å²) < 4.78 is 33.5. The van der Waals surface area contributed by atoms with Crippen molar-refractivity contribution in [2.24, 2.45) is 0 Å². The summed E-state index contributed by atoms with van der Waals surface area (Å²) in [7, 11) is -4.37. The second-order valence-corrected chi connectivity index (χ2v) is 12.5. The van der Waals surface area contributed by atoms with E-state index in [1.165, 1.54) is 24.0 Å². The number of nitro benzene ring substituents is 1. The molecule has 11 heteroatoms. The minimum absolute atomic E-state index is 0.0725. The van der Waals surface area contributed by atoms with Crippen LogP contribution >= 0.6 is 0 Å². The summed E-state index contributed by atoms with van der Waals surface area (Å²) in [4.78, 5) is 38.6. The molecule has 0 N–H and O–H groups in total. The van der Waals surface area contributed by atoms with E-state index in [-0.39, 0.29) is 19.5 Å². The molecule has 0 spiro atoms. The van der Waals surface area contributed by atoms with E-state index in [4.69, 9.17) is 4.74 Å². The number of benzene rings is 2. The number of sulfonamides is 1. The average molecular weight is 546 g/mol. The zero-order valence-electron chi connectivity index (χ0n) is 22.8. The standard InChI is InChI=1S/C27H35N3O7S/c1-17-14-18(2)21(19(3)15-17)16-23(26(32)37-27(5,6)7)28-12-13-29(20(4)25(28)31)38(35,36)24-11-9-8-10-22(24)30(33)34/h8-11,14-15,20,23H,12-13,16H2,1-7H3/t20-,23-/m0/s1. The lowest BCUT2D eigenvalue weighted by Crippen LogP contribution is -2.62. The molecule has 1 amide bonds. The van der Waals surface area contributed by atoms with Crippen LogP contribution < -0.4 is 0 Å². The van der Waals surface area contributed by atoms with Crippen molar-refractivity contribution in [3.63, 3.8) is 0 Å². The minimum Gasteiger partial charge on any atom is -0.458 e. The maximum Gasteiger partial charge on any atom is 0.329 e. The lowest BCUT2D eigenvalue weighted by atomic mass is 9.93. The molecule has 38 heavy (non-hydrogen) atoms. The molecule has 1 saturated heterocycles. The molecule has 0 aliphatic carbocycles. The van der Waals surface area contributed by atoms with Gasteiger partial charge >= 0.3 is 5.97 Å². The molecule has 3 rings (SSSR count). The van der Waals surface area contributed by atoms with Gasteiger partial charge in [0.05, 0.1) is 4.92 Å². The number of carbonyl (C=O) groups excluding carboxylic acids is 2. The molecule has 0 bridgehead atoms. The normalized spacial score (nSPS) is 17.8. The molecular formula is C27H35N3O7S. The van der Waals surface area contributed by atoms with Gasteiger partial charge < -0.3 is 9.64 Å². The highest BCUT2D eigenvalue weighted by molar-refractivity contribution is 7.89. The molecule has 0 saturated carbocycles. The molecule has 2 atom stereocenters. The molecule has 1 aliphatic rings. The third kappa shape index (κ3) is 6.05. The molecular weight excluding hydrogens is 510 g/mol. The predicted octanol–water partition coefficient (Wildman–Crippen LogP) is 3.69. The number of rotatable bonds is 7. The van der Waals surface area contributed by atoms with Gasteiger partial charge in [-0.3, -0.25) is 14.9 Å². The summed E-state index contributed by atoms with van der Waals surface area (Å²) in [6.45, 7) is 12.3. The summed E-state index contributed by atoms with van der Waals surface area (Å²) in [5, 5.41) is 11.5. The van der Waals surface area contributed by atoms with Gasteiger partial charge in [-0.1, -0.05) is 29.8 Å². The highest BCUT2D eigenvalue weighted by Gasteiger charge is 2.45. The summed E-state index contributed by atoms with van der Waals surface area (Å²) in [6.07, 6.45) is 0.211. The van der Waals surface area contributed by atoms with Crippen LogP contribution in [0.4, 0.5) is 5.69 Å². The zero-order valence-corrected chi connectivity index (χ0v) is 23.7. The fourth-order valence-electron chi connectivity index (χ4n) is 4.88. The van der Waals surface area contributed by atoms with Crippen LogP contribution in [-0.2, 0) is 30.8 Å². The van der Waals surface area contributed by atoms with Gasteiger partial charge in [0.15, 0.2) is 4.90 Å². The van der Waals surface area contributed by atoms with Gasteiger partial charge in [-0.15, -0.1) is 0 Å². The summed E-state index contributed by atoms with van der Waals surface area (Å²) >= 11 is 0. The molecule has 2 aromatic rings. The highest BCUT2D eigenvalue weighted by atomic mass is 32.2. The van der Waals surface area contributed by atoms with Gasteiger partial charge in [0.25, 0.3) is 15.7 Å². The molecule has 10 nitrogen and oxygen atoms in total. The van der Waals surface area contributed by atoms with E-state index < -0.39 is 55.1 Å². The predicted molar refractivity (Wildman–Crippen MR) is 142 cm³/mol. The van der Waals surface area contributed by atoms with Crippen molar-refractivity contribution in [3.8, 4) is 0 Å². The van der Waals surface area contributed by atoms with Crippen molar-refractivity contribution in [1.82, 2.24) is 9.21 Å². The van der Waals surface area contributed by atoms with Crippen molar-refractivity contribution in [3.05, 3.63) is 68.8 Å². The Hall–Kier alpha value is -3.31. The summed E-state index contributed by atoms with van der Waals surface area (Å²) in [5.74, 6) is -1.15. The molecule has 2 aromatic carbocycles. The number of para-hydroxylation sites is 1. The van der Waals surface area contributed by atoms with E-state index >= 15 is 0 Å². The van der Waals surface area contributed by atoms with Crippen LogP contribution in [0.3, 0.4) is 0 Å². The van der Waals surface area contributed by atoms with Crippen molar-refractivity contribution >= 4 is 27.6 Å². The Bertz CT molecular complexity index is 1340. The van der Waals surface area contributed by atoms with Crippen molar-refractivity contribution in [2.75, 3.05) is 13.1 Å². The Balaban J connectivity index is 1.98. The Morgan fingerprint density at radius 3 is 2.26 bits per heavy atom. The van der Waals surface area contributed by atoms with Gasteiger partial charge in [0.2, 0.25) is 5.91 Å². The smallest absolute Gasteiger partial charge is 0.329 e. The van der Waals surface area contributed by atoms with Crippen molar-refractivity contribution in [2.45, 2.75) is 77.5 Å². The lowest BCUT2D eigenvalue weighted by molar-refractivity contribution is -0.387. The van der Waals surface area contributed by atoms with E-state index in [9.17, 15) is 28.1 Å². The molecule has 0 unspecified atom stereocenters. The number of carbonyl (C=O) groups is 2. The Morgan fingerprint density at radius 1 is 1.13 bits per heavy atom. The van der Waals surface area contributed by atoms with Gasteiger partial charge in [-0.05, 0) is 71.2 Å². The zero-order chi connectivity index (χ0) is 28.6. The van der Waals surface area contributed by atoms with Gasteiger partial charge in [0.1, 0.15) is 17.7 Å². The maximum absolute atomic E-state index is 13.6. The number of esters is 1. The van der Waals surface area contributed by atoms with Crippen LogP contribution in [0.5, 0.6) is 0 Å². The fourth-order valence-corrected chi connectivity index (χ4v) is 6.62. The Labute approximate surface area is 223 Å². The van der Waals surface area contributed by atoms with Crippen LogP contribution in [0.1, 0.15) is 49.9 Å². The summed E-state index contributed by atoms with van der Waals surface area (Å²) in [6, 6.07) is 6.91. The molecule has 1 fully saturated rings. The number of ether oxygens (including phenoxy) is 1. The largest absolute Gasteiger partial charge is 0.458 e. The molecule has 0 radical (unpaired) electrons. The molecule has 1 heterocycles. The second kappa shape index (κ2) is 10.8. The van der Waals surface area contributed by atoms with E-state index in [0.29, 0.717) is 0 Å². The minimum atomic E-state index is -4.37. The number of nitrogens with zero attached hydrogens (tertiary/aromatic N) is 3. The van der Waals surface area contributed by atoms with Gasteiger partial charge in [-0.25, -0.2) is 13.2 Å². The third-order valence-electron chi connectivity index (χ3n) is 6.58. The quantitative estimate of drug-likeness (QED) is 0.295. The first-order valence-corrected chi connectivity index (χ1v) is 13.8. The number of aryl methyl sites for hydroxylation is 3. The average Bonchev–Trinajstić information content (AvgIpc) is 2.79. The number of hydrogen-bond acceptors (Lipinski definition) is 7. The first-order chi connectivity index (χ1) is 17.5. The fraction of sp³-hybridized carbons (Fsp3) is 0.481. The third-order valence-corrected chi connectivity index (χ3v) is 8.59. The number of hydrogen-bond donors (Lipinski definition) is 0. The Morgan fingerprint density at radius 2 is 1.71 bits per heavy atom. The summed E-state index contributed by atoms with van der Waals surface area (Å²) in [5.41, 5.74) is 2.60. The topological polar surface area (TPSA) is 127 Å². The number of piperazine rings is 1. The lowest BCUT2D eigenvalue weighted by Gasteiger charge is -2.41. The van der Waals surface area contributed by atoms with Crippen molar-refractivity contribution < 1.29 is 27.7 Å². The van der Waals surface area contributed by atoms with E-state index in [0.717, 1.165) is 38.7 Å². The van der Waals surface area contributed by atoms with Crippen LogP contribution in [0.15, 0.2) is 41.3 Å². The van der Waals surface area contributed by atoms with Crippen LogP contribution in [0.25, 0.3) is 0 Å². The highest BCUT2D eigenvalue weighted by Crippen LogP contribution is 2.30. The molecule has 1 aliphatic heterocycles.